The summed E-state index contributed by atoms with van der Waals surface area (Å²) in [6.07, 6.45) is 51.7. The first kappa shape index (κ1) is 76.0. The molecule has 480 valence electrons. The first-order valence-electron chi connectivity index (χ1n) is 33.9. The summed E-state index contributed by atoms with van der Waals surface area (Å²) in [6, 6.07) is -0.940. The molecule has 2 fully saturated rings. The fraction of sp³-hybridized carbons (Fsp3) is 0.868. The third-order valence-corrected chi connectivity index (χ3v) is 16.5. The van der Waals surface area contributed by atoms with Gasteiger partial charge in [-0.25, -0.2) is 0 Å². The molecule has 2 aliphatic rings. The zero-order valence-electron chi connectivity index (χ0n) is 52.0. The number of ether oxygens (including phenoxy) is 4. The average Bonchev–Trinajstić information content (AvgIpc) is 3.67. The van der Waals surface area contributed by atoms with Gasteiger partial charge in [-0.3, -0.25) is 4.79 Å². The van der Waals surface area contributed by atoms with Gasteiger partial charge in [0.1, 0.15) is 48.8 Å². The van der Waals surface area contributed by atoms with Gasteiger partial charge in [-0.1, -0.05) is 255 Å². The van der Waals surface area contributed by atoms with Gasteiger partial charge in [0, 0.05) is 6.42 Å². The molecule has 2 heterocycles. The van der Waals surface area contributed by atoms with Crippen molar-refractivity contribution in [2.75, 3.05) is 19.8 Å². The van der Waals surface area contributed by atoms with Crippen LogP contribution in [0.15, 0.2) is 48.6 Å². The molecule has 0 radical (unpaired) electrons. The average molecular weight is 1160 g/mol. The molecule has 14 nitrogen and oxygen atoms in total. The minimum Gasteiger partial charge on any atom is -0.394 e. The van der Waals surface area contributed by atoms with Crippen LogP contribution < -0.4 is 5.32 Å². The van der Waals surface area contributed by atoms with E-state index < -0.39 is 86.8 Å². The number of carbonyl (C=O) groups excluding carboxylic acids is 1. The van der Waals surface area contributed by atoms with E-state index in [1.165, 1.54) is 205 Å². The number of nitrogens with one attached hydrogen (secondary N) is 1. The van der Waals surface area contributed by atoms with Crippen molar-refractivity contribution in [1.29, 1.82) is 0 Å². The number of allylic oxidation sites excluding steroid dienone is 7. The smallest absolute Gasteiger partial charge is 0.220 e. The van der Waals surface area contributed by atoms with E-state index in [-0.39, 0.29) is 18.9 Å². The van der Waals surface area contributed by atoms with Gasteiger partial charge in [0.05, 0.1) is 32.0 Å². The molecule has 12 unspecified atom stereocenters. The fourth-order valence-electron chi connectivity index (χ4n) is 11.0. The van der Waals surface area contributed by atoms with E-state index in [0.29, 0.717) is 12.8 Å². The van der Waals surface area contributed by atoms with Gasteiger partial charge in [0.15, 0.2) is 12.6 Å². The van der Waals surface area contributed by atoms with Crippen LogP contribution in [0.5, 0.6) is 0 Å². The first-order valence-corrected chi connectivity index (χ1v) is 33.9. The lowest BCUT2D eigenvalue weighted by molar-refractivity contribution is -0.359. The Morgan fingerprint density at radius 1 is 0.427 bits per heavy atom. The predicted molar refractivity (Wildman–Crippen MR) is 332 cm³/mol. The Balaban J connectivity index is 1.72. The number of hydrogen-bond donors (Lipinski definition) is 9. The fourth-order valence-corrected chi connectivity index (χ4v) is 11.0. The van der Waals surface area contributed by atoms with Crippen LogP contribution >= 0.6 is 0 Å². The second-order valence-corrected chi connectivity index (χ2v) is 23.9. The van der Waals surface area contributed by atoms with E-state index in [4.69, 9.17) is 18.9 Å². The van der Waals surface area contributed by atoms with Crippen molar-refractivity contribution >= 4 is 5.91 Å². The molecule has 0 aliphatic carbocycles. The minimum absolute atomic E-state index is 0.254. The molecule has 0 saturated carbocycles. The molecule has 12 atom stereocenters. The van der Waals surface area contributed by atoms with Crippen molar-refractivity contribution in [2.45, 2.75) is 357 Å². The molecular formula is C68H125NO13. The molecule has 0 aromatic carbocycles. The van der Waals surface area contributed by atoms with Crippen LogP contribution in [0.4, 0.5) is 0 Å². The van der Waals surface area contributed by atoms with E-state index in [0.717, 1.165) is 44.9 Å². The number of rotatable bonds is 55. The van der Waals surface area contributed by atoms with Crippen LogP contribution in [0.3, 0.4) is 0 Å². The number of amides is 1. The summed E-state index contributed by atoms with van der Waals surface area (Å²) in [6.45, 7) is 2.80. The second-order valence-electron chi connectivity index (χ2n) is 23.9. The predicted octanol–water partition coefficient (Wildman–Crippen LogP) is 13.1. The Bertz CT molecular complexity index is 1560. The number of aliphatic hydroxyl groups is 8. The zero-order chi connectivity index (χ0) is 59.5. The van der Waals surface area contributed by atoms with Gasteiger partial charge in [-0.2, -0.15) is 0 Å². The standard InChI is InChI=1S/C68H125NO13/c1-3-5-7-9-11-13-15-17-19-21-23-24-25-26-27-28-29-30-31-32-34-35-37-39-41-43-45-47-49-51-57(72)56(69-60(73)52-50-48-46-44-42-40-38-36-33-22-20-18-16-14-12-10-8-6-4-2)55-79-67-65(78)63(76)66(59(54-71)81-67)82-68-64(77)62(75)61(74)58(53-70)80-68/h18,20,34-35,41,43,49,51,56-59,61-68,70-72,74-78H,3-17,19,21-33,36-40,42,44-48,50,52-55H2,1-2H3,(H,69,73)/b20-18-,35-34+,43-41+,51-49+. The van der Waals surface area contributed by atoms with Crippen molar-refractivity contribution < 1.29 is 64.6 Å². The van der Waals surface area contributed by atoms with E-state index in [1.807, 2.05) is 6.08 Å². The topological polar surface area (TPSA) is 228 Å². The Hall–Kier alpha value is -2.05. The Kier molecular flexibility index (Phi) is 49.3. The van der Waals surface area contributed by atoms with Crippen molar-refractivity contribution in [3.8, 4) is 0 Å². The summed E-state index contributed by atoms with van der Waals surface area (Å²) in [4.78, 5) is 13.3. The summed E-state index contributed by atoms with van der Waals surface area (Å²) in [5, 5.41) is 87.3. The summed E-state index contributed by atoms with van der Waals surface area (Å²) in [7, 11) is 0. The molecule has 14 heteroatoms. The number of aliphatic hydroxyl groups excluding tert-OH is 8. The maximum Gasteiger partial charge on any atom is 0.220 e. The van der Waals surface area contributed by atoms with Gasteiger partial charge in [0.25, 0.3) is 0 Å². The summed E-state index contributed by atoms with van der Waals surface area (Å²) >= 11 is 0. The highest BCUT2D eigenvalue weighted by molar-refractivity contribution is 5.76. The van der Waals surface area contributed by atoms with Crippen molar-refractivity contribution in [1.82, 2.24) is 5.32 Å². The molecule has 0 aromatic rings. The summed E-state index contributed by atoms with van der Waals surface area (Å²) < 4.78 is 22.8. The van der Waals surface area contributed by atoms with Gasteiger partial charge >= 0.3 is 0 Å². The Morgan fingerprint density at radius 3 is 1.20 bits per heavy atom. The van der Waals surface area contributed by atoms with E-state index in [2.05, 4.69) is 55.6 Å². The summed E-state index contributed by atoms with van der Waals surface area (Å²) in [5.74, 6) is -0.254. The van der Waals surface area contributed by atoms with Crippen LogP contribution in [0.1, 0.15) is 284 Å². The molecular weight excluding hydrogens is 1040 g/mol. The second kappa shape index (κ2) is 53.2. The Morgan fingerprint density at radius 2 is 0.780 bits per heavy atom. The van der Waals surface area contributed by atoms with Gasteiger partial charge in [-0.05, 0) is 70.6 Å². The monoisotopic (exact) mass is 1160 g/mol. The van der Waals surface area contributed by atoms with Crippen molar-refractivity contribution in [3.05, 3.63) is 48.6 Å². The van der Waals surface area contributed by atoms with Crippen molar-refractivity contribution in [3.63, 3.8) is 0 Å². The molecule has 0 bridgehead atoms. The normalized spacial score (nSPS) is 24.2. The highest BCUT2D eigenvalue weighted by Crippen LogP contribution is 2.30. The number of unbranched alkanes of at least 4 members (excludes halogenated alkanes) is 36. The largest absolute Gasteiger partial charge is 0.394 e. The van der Waals surface area contributed by atoms with Crippen LogP contribution in [0, 0.1) is 0 Å². The molecule has 2 rings (SSSR count). The third kappa shape index (κ3) is 37.5. The van der Waals surface area contributed by atoms with Crippen LogP contribution in [-0.2, 0) is 23.7 Å². The maximum absolute atomic E-state index is 13.3. The van der Waals surface area contributed by atoms with E-state index >= 15 is 0 Å². The van der Waals surface area contributed by atoms with Gasteiger partial charge in [0.2, 0.25) is 5.91 Å². The molecule has 9 N–H and O–H groups in total. The zero-order valence-corrected chi connectivity index (χ0v) is 52.0. The summed E-state index contributed by atoms with van der Waals surface area (Å²) in [5.41, 5.74) is 0. The number of carbonyl (C=O) groups is 1. The molecule has 0 aromatic heterocycles. The highest BCUT2D eigenvalue weighted by Gasteiger charge is 2.51. The maximum atomic E-state index is 13.3. The molecule has 0 spiro atoms. The first-order chi connectivity index (χ1) is 40.1. The molecule has 2 saturated heterocycles. The van der Waals surface area contributed by atoms with Gasteiger partial charge < -0.3 is 65.1 Å². The SMILES string of the molecule is CCCCCCCC/C=C\CCCCCCCCCCCC(=O)NC(COC1OC(CO)C(OC2OC(CO)C(O)C(O)C2O)C(O)C1O)C(O)/C=C/CC/C=C/CC/C=C/CCCCCCCCCCCCCCCCCCCCC. The van der Waals surface area contributed by atoms with Gasteiger partial charge in [-0.15, -0.1) is 0 Å². The van der Waals surface area contributed by atoms with Crippen LogP contribution in [-0.4, -0.2) is 140 Å². The van der Waals surface area contributed by atoms with Crippen LogP contribution in [0.2, 0.25) is 0 Å². The minimum atomic E-state index is -1.79. The lowest BCUT2D eigenvalue weighted by atomic mass is 9.97. The van der Waals surface area contributed by atoms with Crippen molar-refractivity contribution in [2.24, 2.45) is 0 Å². The molecule has 1 amide bonds. The lowest BCUT2D eigenvalue weighted by Gasteiger charge is -2.46. The Labute approximate surface area is 499 Å². The molecule has 82 heavy (non-hydrogen) atoms. The highest BCUT2D eigenvalue weighted by atomic mass is 16.7. The van der Waals surface area contributed by atoms with Crippen LogP contribution in [0.25, 0.3) is 0 Å². The molecule has 2 aliphatic heterocycles. The lowest BCUT2D eigenvalue weighted by Crippen LogP contribution is -2.65. The quantitative estimate of drug-likeness (QED) is 0.0204. The van der Waals surface area contributed by atoms with E-state index in [9.17, 15) is 45.6 Å². The van der Waals surface area contributed by atoms with E-state index in [1.54, 1.807) is 6.08 Å². The third-order valence-electron chi connectivity index (χ3n) is 16.5. The number of hydrogen-bond acceptors (Lipinski definition) is 13.